The van der Waals surface area contributed by atoms with Crippen molar-refractivity contribution in [3.8, 4) is 0 Å². The number of aliphatic hydroxyl groups is 1. The van der Waals surface area contributed by atoms with Crippen LogP contribution >= 0.6 is 11.6 Å². The Hall–Kier alpha value is -1.07. The highest BCUT2D eigenvalue weighted by molar-refractivity contribution is 6.30. The van der Waals surface area contributed by atoms with Gasteiger partial charge in [0.1, 0.15) is 0 Å². The third kappa shape index (κ3) is 3.70. The van der Waals surface area contributed by atoms with Gasteiger partial charge in [0.2, 0.25) is 0 Å². The van der Waals surface area contributed by atoms with Gasteiger partial charge in [-0.1, -0.05) is 11.6 Å². The Balaban J connectivity index is 1.89. The zero-order chi connectivity index (χ0) is 13.9. The molecule has 1 N–H and O–H groups in total. The fourth-order valence-corrected chi connectivity index (χ4v) is 2.69. The zero-order valence-corrected chi connectivity index (χ0v) is 11.8. The van der Waals surface area contributed by atoms with E-state index in [4.69, 9.17) is 16.3 Å². The molecule has 0 bridgehead atoms. The quantitative estimate of drug-likeness (QED) is 0.860. The lowest BCUT2D eigenvalue weighted by Gasteiger charge is -2.34. The molecule has 0 amide bonds. The number of esters is 1. The Morgan fingerprint density at radius 3 is 2.84 bits per heavy atom. The largest absolute Gasteiger partial charge is 0.466 e. The van der Waals surface area contributed by atoms with Gasteiger partial charge in [0.05, 0.1) is 35.9 Å². The number of hydrogen-bond acceptors (Lipinski definition) is 4. The van der Waals surface area contributed by atoms with Crippen molar-refractivity contribution in [1.82, 2.24) is 9.78 Å². The molecule has 1 aromatic rings. The van der Waals surface area contributed by atoms with E-state index >= 15 is 0 Å². The highest BCUT2D eigenvalue weighted by atomic mass is 35.5. The maximum atomic E-state index is 11.6. The van der Waals surface area contributed by atoms with Gasteiger partial charge in [-0.15, -0.1) is 0 Å². The number of carbonyl (C=O) groups is 1. The second-order valence-electron chi connectivity index (χ2n) is 5.11. The van der Waals surface area contributed by atoms with E-state index in [0.29, 0.717) is 43.9 Å². The topological polar surface area (TPSA) is 64.3 Å². The van der Waals surface area contributed by atoms with Gasteiger partial charge in [-0.2, -0.15) is 5.10 Å². The van der Waals surface area contributed by atoms with Gasteiger partial charge < -0.3 is 9.84 Å². The standard InChI is InChI=1S/C13H19ClN2O3/c1-2-19-12(17)10-3-5-13(18,6-4-10)9-16-8-11(14)7-15-16/h7-8,10,18H,2-6,9H2,1H3. The summed E-state index contributed by atoms with van der Waals surface area (Å²) in [5.41, 5.74) is -0.807. The second kappa shape index (κ2) is 5.92. The monoisotopic (exact) mass is 286 g/mol. The summed E-state index contributed by atoms with van der Waals surface area (Å²) < 4.78 is 6.66. The third-order valence-electron chi connectivity index (χ3n) is 3.59. The summed E-state index contributed by atoms with van der Waals surface area (Å²) in [6, 6.07) is 0. The van der Waals surface area contributed by atoms with Crippen LogP contribution in [0.15, 0.2) is 12.4 Å². The van der Waals surface area contributed by atoms with Gasteiger partial charge in [0.15, 0.2) is 0 Å². The maximum Gasteiger partial charge on any atom is 0.308 e. The van der Waals surface area contributed by atoms with Crippen LogP contribution in [0.3, 0.4) is 0 Å². The summed E-state index contributed by atoms with van der Waals surface area (Å²) in [6.07, 6.45) is 5.71. The van der Waals surface area contributed by atoms with Crippen LogP contribution in [0.2, 0.25) is 5.02 Å². The van der Waals surface area contributed by atoms with Crippen LogP contribution in [-0.4, -0.2) is 33.1 Å². The summed E-state index contributed by atoms with van der Waals surface area (Å²) >= 11 is 5.80. The first-order chi connectivity index (χ1) is 9.02. The van der Waals surface area contributed by atoms with Crippen LogP contribution in [0, 0.1) is 5.92 Å². The first-order valence-corrected chi connectivity index (χ1v) is 6.97. The molecule has 0 aromatic carbocycles. The van der Waals surface area contributed by atoms with Crippen LogP contribution in [-0.2, 0) is 16.1 Å². The van der Waals surface area contributed by atoms with Crippen LogP contribution in [0.25, 0.3) is 0 Å². The van der Waals surface area contributed by atoms with Crippen molar-refractivity contribution in [3.63, 3.8) is 0 Å². The molecule has 0 spiro atoms. The molecule has 19 heavy (non-hydrogen) atoms. The zero-order valence-electron chi connectivity index (χ0n) is 11.0. The molecule has 1 aliphatic rings. The fourth-order valence-electron chi connectivity index (χ4n) is 2.54. The number of ether oxygens (including phenoxy) is 1. The molecular formula is C13H19ClN2O3. The lowest BCUT2D eigenvalue weighted by molar-refractivity contribution is -0.151. The number of halogens is 1. The molecule has 0 aliphatic heterocycles. The molecule has 0 unspecified atom stereocenters. The van der Waals surface area contributed by atoms with Gasteiger partial charge in [-0.25, -0.2) is 0 Å². The van der Waals surface area contributed by atoms with Crippen molar-refractivity contribution in [2.75, 3.05) is 6.61 Å². The molecule has 1 aliphatic carbocycles. The molecule has 1 fully saturated rings. The van der Waals surface area contributed by atoms with E-state index in [9.17, 15) is 9.90 Å². The van der Waals surface area contributed by atoms with Crippen molar-refractivity contribution in [2.24, 2.45) is 5.92 Å². The Bertz CT molecular complexity index is 439. The van der Waals surface area contributed by atoms with Crippen LogP contribution in [0.5, 0.6) is 0 Å². The van der Waals surface area contributed by atoms with E-state index in [0.717, 1.165) is 0 Å². The summed E-state index contributed by atoms with van der Waals surface area (Å²) in [6.45, 7) is 2.62. The van der Waals surface area contributed by atoms with Gasteiger partial charge in [-0.3, -0.25) is 9.48 Å². The highest BCUT2D eigenvalue weighted by Crippen LogP contribution is 2.34. The van der Waals surface area contributed by atoms with E-state index in [1.165, 1.54) is 0 Å². The summed E-state index contributed by atoms with van der Waals surface area (Å²) in [4.78, 5) is 11.6. The molecule has 106 valence electrons. The number of rotatable bonds is 4. The number of aromatic nitrogens is 2. The lowest BCUT2D eigenvalue weighted by Crippen LogP contribution is -2.40. The minimum absolute atomic E-state index is 0.0820. The molecule has 6 heteroatoms. The molecule has 1 aromatic heterocycles. The molecule has 2 rings (SSSR count). The Labute approximate surface area is 117 Å². The van der Waals surface area contributed by atoms with Crippen LogP contribution in [0.1, 0.15) is 32.6 Å². The second-order valence-corrected chi connectivity index (χ2v) is 5.54. The van der Waals surface area contributed by atoms with Gasteiger partial charge in [-0.05, 0) is 32.6 Å². The maximum absolute atomic E-state index is 11.6. The van der Waals surface area contributed by atoms with Crippen LogP contribution in [0.4, 0.5) is 0 Å². The molecule has 1 heterocycles. The van der Waals surface area contributed by atoms with Gasteiger partial charge in [0, 0.05) is 6.20 Å². The average molecular weight is 287 g/mol. The normalized spacial score (nSPS) is 27.2. The number of hydrogen-bond donors (Lipinski definition) is 1. The fraction of sp³-hybridized carbons (Fsp3) is 0.692. The number of nitrogens with zero attached hydrogens (tertiary/aromatic N) is 2. The summed E-state index contributed by atoms with van der Waals surface area (Å²) in [7, 11) is 0. The Morgan fingerprint density at radius 1 is 1.63 bits per heavy atom. The van der Waals surface area contributed by atoms with Gasteiger partial charge in [0.25, 0.3) is 0 Å². The molecule has 5 nitrogen and oxygen atoms in total. The average Bonchev–Trinajstić information content (AvgIpc) is 2.75. The van der Waals surface area contributed by atoms with Gasteiger partial charge >= 0.3 is 5.97 Å². The lowest BCUT2D eigenvalue weighted by atomic mass is 9.79. The summed E-state index contributed by atoms with van der Waals surface area (Å²) in [5, 5.41) is 15.1. The van der Waals surface area contributed by atoms with E-state index in [1.54, 1.807) is 24.0 Å². The predicted octanol–water partition coefficient (Wildman–Crippen LogP) is 2.02. The molecule has 0 saturated heterocycles. The van der Waals surface area contributed by atoms with Crippen molar-refractivity contribution >= 4 is 17.6 Å². The molecule has 1 saturated carbocycles. The highest BCUT2D eigenvalue weighted by Gasteiger charge is 2.36. The van der Waals surface area contributed by atoms with E-state index in [-0.39, 0.29) is 11.9 Å². The van der Waals surface area contributed by atoms with E-state index < -0.39 is 5.60 Å². The van der Waals surface area contributed by atoms with Crippen LogP contribution < -0.4 is 0 Å². The molecule has 0 radical (unpaired) electrons. The first-order valence-electron chi connectivity index (χ1n) is 6.59. The van der Waals surface area contributed by atoms with Crippen molar-refractivity contribution < 1.29 is 14.6 Å². The van der Waals surface area contributed by atoms with E-state index in [1.807, 2.05) is 0 Å². The number of carbonyl (C=O) groups excluding carboxylic acids is 1. The smallest absolute Gasteiger partial charge is 0.308 e. The minimum Gasteiger partial charge on any atom is -0.466 e. The minimum atomic E-state index is -0.807. The SMILES string of the molecule is CCOC(=O)C1CCC(O)(Cn2cc(Cl)cn2)CC1. The third-order valence-corrected chi connectivity index (χ3v) is 3.79. The molecular weight excluding hydrogens is 268 g/mol. The van der Waals surface area contributed by atoms with Crippen molar-refractivity contribution in [3.05, 3.63) is 17.4 Å². The first kappa shape index (κ1) is 14.3. The Kier molecular flexibility index (Phi) is 4.47. The van der Waals surface area contributed by atoms with Crippen molar-refractivity contribution in [1.29, 1.82) is 0 Å². The summed E-state index contributed by atoms with van der Waals surface area (Å²) in [5.74, 6) is -0.229. The Morgan fingerprint density at radius 2 is 2.32 bits per heavy atom. The van der Waals surface area contributed by atoms with Crippen molar-refractivity contribution in [2.45, 2.75) is 44.8 Å². The predicted molar refractivity (Wildman–Crippen MR) is 70.8 cm³/mol. The van der Waals surface area contributed by atoms with E-state index in [2.05, 4.69) is 5.10 Å². The molecule has 0 atom stereocenters.